The van der Waals surface area contributed by atoms with E-state index in [1.54, 1.807) is 0 Å². The Hall–Kier alpha value is -2.56. The van der Waals surface area contributed by atoms with Gasteiger partial charge in [-0.25, -0.2) is 9.59 Å². The number of esters is 2. The second-order valence-corrected chi connectivity index (χ2v) is 10.1. The molecule has 19 heteroatoms. The average molecular weight is 615 g/mol. The number of hydrogen-bond donors (Lipinski definition) is 11. The van der Waals surface area contributed by atoms with Crippen molar-refractivity contribution in [1.82, 2.24) is 10.6 Å². The molecule has 11 N–H and O–H groups in total. The van der Waals surface area contributed by atoms with Gasteiger partial charge in [-0.3, -0.25) is 9.59 Å². The summed E-state index contributed by atoms with van der Waals surface area (Å²) in [7, 11) is 0.817. The molecular formula is C23H38N2O17. The van der Waals surface area contributed by atoms with Crippen molar-refractivity contribution in [3.8, 4) is 0 Å². The van der Waals surface area contributed by atoms with Crippen molar-refractivity contribution in [2.45, 2.75) is 99.2 Å². The summed E-state index contributed by atoms with van der Waals surface area (Å²) in [6.07, 6.45) is -17.8. The fourth-order valence-corrected chi connectivity index (χ4v) is 4.74. The summed E-state index contributed by atoms with van der Waals surface area (Å²) in [5.41, 5.74) is 0. The van der Waals surface area contributed by atoms with Crippen molar-refractivity contribution in [3.05, 3.63) is 0 Å². The van der Waals surface area contributed by atoms with Crippen LogP contribution in [-0.4, -0.2) is 163 Å². The molecule has 2 rings (SSSR count). The molecule has 0 saturated carbocycles. The number of ether oxygens (including phenoxy) is 4. The smallest absolute Gasteiger partial charge is 0.379 e. The summed E-state index contributed by atoms with van der Waals surface area (Å²) < 4.78 is 20.5. The maximum Gasteiger partial charge on any atom is 0.379 e. The maximum atomic E-state index is 13.3. The number of aliphatic hydroxyl groups excluding tert-OH is 8. The van der Waals surface area contributed by atoms with Crippen molar-refractivity contribution >= 4 is 23.8 Å². The number of nitrogens with one attached hydrogen (secondary N) is 2. The van der Waals surface area contributed by atoms with Gasteiger partial charge in [0.15, 0.2) is 0 Å². The van der Waals surface area contributed by atoms with Gasteiger partial charge in [-0.2, -0.15) is 0 Å². The van der Waals surface area contributed by atoms with Crippen LogP contribution in [0.2, 0.25) is 0 Å². The topological polar surface area (TPSA) is 311 Å². The minimum absolute atomic E-state index is 0.746. The van der Waals surface area contributed by atoms with Gasteiger partial charge in [0, 0.05) is 20.3 Å². The largest absolute Gasteiger partial charge is 0.464 e. The molecule has 0 aromatic rings. The fourth-order valence-electron chi connectivity index (χ4n) is 4.74. The van der Waals surface area contributed by atoms with E-state index in [-0.39, 0.29) is 0 Å². The first-order valence-electron chi connectivity index (χ1n) is 12.7. The Morgan fingerprint density at radius 1 is 0.810 bits per heavy atom. The first-order valence-corrected chi connectivity index (χ1v) is 12.7. The Morgan fingerprint density at radius 2 is 1.24 bits per heavy atom. The highest BCUT2D eigenvalue weighted by Crippen LogP contribution is 2.38. The van der Waals surface area contributed by atoms with Crippen LogP contribution in [0.4, 0.5) is 0 Å². The van der Waals surface area contributed by atoms with Crippen LogP contribution >= 0.6 is 0 Å². The van der Waals surface area contributed by atoms with Crippen molar-refractivity contribution in [1.29, 1.82) is 0 Å². The van der Waals surface area contributed by atoms with Crippen molar-refractivity contribution in [3.63, 3.8) is 0 Å². The lowest BCUT2D eigenvalue weighted by molar-refractivity contribution is -0.332. The molecular weight excluding hydrogens is 576 g/mol. The molecule has 2 saturated heterocycles. The Bertz CT molecular complexity index is 985. The second-order valence-electron chi connectivity index (χ2n) is 10.1. The summed E-state index contributed by atoms with van der Waals surface area (Å²) in [5, 5.41) is 96.5. The lowest BCUT2D eigenvalue weighted by Crippen LogP contribution is -2.70. The van der Waals surface area contributed by atoms with Crippen LogP contribution < -0.4 is 10.6 Å². The monoisotopic (exact) mass is 614 g/mol. The Balaban J connectivity index is 2.50. The highest BCUT2D eigenvalue weighted by Gasteiger charge is 2.61. The lowest BCUT2D eigenvalue weighted by atomic mass is 9.87. The summed E-state index contributed by atoms with van der Waals surface area (Å²) >= 11 is 0. The minimum Gasteiger partial charge on any atom is -0.464 e. The molecule has 12 atom stereocenters. The van der Waals surface area contributed by atoms with Gasteiger partial charge in [-0.15, -0.1) is 0 Å². The molecule has 0 aromatic carbocycles. The van der Waals surface area contributed by atoms with Gasteiger partial charge in [0.05, 0.1) is 51.0 Å². The van der Waals surface area contributed by atoms with Crippen LogP contribution in [0.15, 0.2) is 0 Å². The highest BCUT2D eigenvalue weighted by atomic mass is 16.8. The predicted molar refractivity (Wildman–Crippen MR) is 130 cm³/mol. The molecule has 0 spiro atoms. The second kappa shape index (κ2) is 14.3. The molecule has 0 aliphatic carbocycles. The molecule has 242 valence electrons. The molecule has 2 heterocycles. The predicted octanol–water partition coefficient (Wildman–Crippen LogP) is -7.18. The van der Waals surface area contributed by atoms with Crippen LogP contribution in [0.25, 0.3) is 0 Å². The van der Waals surface area contributed by atoms with Gasteiger partial charge in [0.25, 0.3) is 5.79 Å². The Labute approximate surface area is 238 Å². The van der Waals surface area contributed by atoms with Crippen molar-refractivity contribution < 1.29 is 84.1 Å². The average Bonchev–Trinajstić information content (AvgIpc) is 2.92. The third-order valence-electron chi connectivity index (χ3n) is 6.81. The van der Waals surface area contributed by atoms with Crippen molar-refractivity contribution in [2.24, 2.45) is 0 Å². The van der Waals surface area contributed by atoms with E-state index >= 15 is 0 Å². The Kier molecular flexibility index (Phi) is 12.1. The number of amides is 2. The molecule has 0 bridgehead atoms. The van der Waals surface area contributed by atoms with Gasteiger partial charge >= 0.3 is 17.7 Å². The lowest BCUT2D eigenvalue weighted by Gasteiger charge is -2.48. The Morgan fingerprint density at radius 3 is 1.64 bits per heavy atom. The number of hydrogen-bond acceptors (Lipinski definition) is 17. The zero-order valence-electron chi connectivity index (χ0n) is 22.9. The van der Waals surface area contributed by atoms with E-state index in [0.29, 0.717) is 0 Å². The summed E-state index contributed by atoms with van der Waals surface area (Å²) in [6.45, 7) is -0.0106. The number of rotatable bonds is 11. The maximum absolute atomic E-state index is 13.3. The third kappa shape index (κ3) is 7.68. The molecule has 2 aliphatic heterocycles. The summed E-state index contributed by atoms with van der Waals surface area (Å²) in [4.78, 5) is 49.6. The number of aliphatic hydroxyl groups is 9. The quantitative estimate of drug-likeness (QED) is 0.0963. The van der Waals surface area contributed by atoms with Crippen LogP contribution in [0.1, 0.15) is 26.7 Å². The molecule has 19 nitrogen and oxygen atoms in total. The van der Waals surface area contributed by atoms with Gasteiger partial charge in [-0.1, -0.05) is 0 Å². The van der Waals surface area contributed by atoms with E-state index in [1.807, 2.05) is 0 Å². The SMILES string of the molecule is COC(=O)[C@]1(OC(=O)[C@]2(O)C[C@H](O)[C@@H](NC(C)=O)[C@H]([C@H](O)[C@H](O)CO)O2)C[C@H](O)[C@@H](NC(C)=O)[C@H]([C@H](O)[C@H](O)CO)O1. The molecule has 2 aliphatic rings. The fraction of sp³-hybridized carbons (Fsp3) is 0.826. The normalized spacial score (nSPS) is 36.1. The van der Waals surface area contributed by atoms with Crippen LogP contribution in [0.5, 0.6) is 0 Å². The number of carbonyl (C=O) groups excluding carboxylic acids is 4. The first-order chi connectivity index (χ1) is 19.5. The molecule has 42 heavy (non-hydrogen) atoms. The minimum atomic E-state index is -3.24. The third-order valence-corrected chi connectivity index (χ3v) is 6.81. The van der Waals surface area contributed by atoms with Crippen LogP contribution in [0, 0.1) is 0 Å². The number of carbonyl (C=O) groups is 4. The van der Waals surface area contributed by atoms with Gasteiger partial charge in [0.2, 0.25) is 11.8 Å². The van der Waals surface area contributed by atoms with Gasteiger partial charge < -0.3 is 75.5 Å². The molecule has 2 amide bonds. The molecule has 0 aromatic heterocycles. The van der Waals surface area contributed by atoms with E-state index in [2.05, 4.69) is 15.4 Å². The summed E-state index contributed by atoms with van der Waals surface area (Å²) in [6, 6.07) is -3.07. The number of methoxy groups -OCH3 is 1. The van der Waals surface area contributed by atoms with Gasteiger partial charge in [0.1, 0.15) is 36.6 Å². The highest BCUT2D eigenvalue weighted by molar-refractivity contribution is 5.85. The van der Waals surface area contributed by atoms with E-state index in [9.17, 15) is 65.1 Å². The zero-order chi connectivity index (χ0) is 32.2. The van der Waals surface area contributed by atoms with Crippen molar-refractivity contribution in [2.75, 3.05) is 20.3 Å². The van der Waals surface area contributed by atoms with E-state index in [4.69, 9.17) is 14.2 Å². The van der Waals surface area contributed by atoms with E-state index in [0.717, 1.165) is 21.0 Å². The first kappa shape index (κ1) is 35.6. The standard InChI is InChI=1S/C23H38N2O17/c1-8(28)24-14-10(30)4-22(38,40-18(14)16(34)12(32)6-26)20(36)42-23(21(37)39-3)5-11(31)15(25-9(2)29)19(41-23)17(35)13(33)7-27/h10-19,26-27,30-35,38H,4-7H2,1-3H3,(H,24,28)(H,25,29)/t10-,11-,12+,13+,14+,15+,16+,17+,18+,19+,22-,23+/m0/s1. The zero-order valence-corrected chi connectivity index (χ0v) is 22.9. The van der Waals surface area contributed by atoms with E-state index < -0.39 is 122 Å². The van der Waals surface area contributed by atoms with Gasteiger partial charge in [-0.05, 0) is 0 Å². The molecule has 2 fully saturated rings. The molecule has 0 radical (unpaired) electrons. The summed E-state index contributed by atoms with van der Waals surface area (Å²) in [5.74, 6) is -11.1. The van der Waals surface area contributed by atoms with Crippen LogP contribution in [-0.2, 0) is 38.1 Å². The van der Waals surface area contributed by atoms with E-state index in [1.165, 1.54) is 0 Å². The van der Waals surface area contributed by atoms with Crippen LogP contribution in [0.3, 0.4) is 0 Å². The molecule has 0 unspecified atom stereocenters.